The molecular weight excluding hydrogens is 572 g/mol. The smallest absolute Gasteiger partial charge is 0.313 e. The van der Waals surface area contributed by atoms with E-state index in [1.165, 1.54) is 14.0 Å². The van der Waals surface area contributed by atoms with Crippen LogP contribution in [0.2, 0.25) is 0 Å². The standard InChI is InChI=1S/C33H49BrO6/c1-19(35)39-24-10-11-29(5)20(27(24,2)3)9-12-30(6)21(29)17-23(34)33-22-18-28(4,25(36)38-8)13-15-32(22,26(37)40-33)16-14-31(30,33)7/h20-24H,9-18H2,1-8H3/t20-,21+,22+,23-,24-,28-,29-,30+,31-,32-,33+/m0/s1. The number of rotatable bonds is 2. The summed E-state index contributed by atoms with van der Waals surface area (Å²) in [6, 6.07) is 0. The van der Waals surface area contributed by atoms with E-state index in [0.29, 0.717) is 31.1 Å². The van der Waals surface area contributed by atoms with Gasteiger partial charge >= 0.3 is 17.9 Å². The molecule has 5 aliphatic carbocycles. The van der Waals surface area contributed by atoms with E-state index in [2.05, 4.69) is 50.5 Å². The molecule has 40 heavy (non-hydrogen) atoms. The van der Waals surface area contributed by atoms with Gasteiger partial charge in [-0.25, -0.2) is 0 Å². The summed E-state index contributed by atoms with van der Waals surface area (Å²) in [4.78, 5) is 39.0. The lowest BCUT2D eigenvalue weighted by atomic mass is 9.30. The number of fused-ring (bicyclic) bond motifs is 4. The van der Waals surface area contributed by atoms with E-state index in [9.17, 15) is 14.4 Å². The van der Waals surface area contributed by atoms with Gasteiger partial charge in [-0.1, -0.05) is 50.5 Å². The Morgan fingerprint density at radius 3 is 2.23 bits per heavy atom. The Labute approximate surface area is 248 Å². The van der Waals surface area contributed by atoms with Crippen molar-refractivity contribution in [3.05, 3.63) is 0 Å². The summed E-state index contributed by atoms with van der Waals surface area (Å²) in [5.74, 6) is 0.507. The molecule has 6 fully saturated rings. The van der Waals surface area contributed by atoms with Gasteiger partial charge in [0.15, 0.2) is 0 Å². The van der Waals surface area contributed by atoms with Gasteiger partial charge in [0.1, 0.15) is 11.7 Å². The number of ether oxygens (including phenoxy) is 3. The Bertz CT molecular complexity index is 1150. The molecule has 11 atom stereocenters. The molecule has 0 aromatic carbocycles. The highest BCUT2D eigenvalue weighted by molar-refractivity contribution is 9.09. The lowest BCUT2D eigenvalue weighted by Crippen LogP contribution is -2.75. The normalized spacial score (nSPS) is 54.1. The number of methoxy groups -OCH3 is 1. The third-order valence-electron chi connectivity index (χ3n) is 14.7. The minimum absolute atomic E-state index is 0.00655. The number of carbonyl (C=O) groups excluding carboxylic acids is 3. The summed E-state index contributed by atoms with van der Waals surface area (Å²) in [7, 11) is 1.48. The fourth-order valence-electron chi connectivity index (χ4n) is 12.4. The molecule has 1 saturated heterocycles. The number of hydrogen-bond acceptors (Lipinski definition) is 6. The molecule has 1 spiro atoms. The Kier molecular flexibility index (Phi) is 6.16. The zero-order chi connectivity index (χ0) is 29.3. The van der Waals surface area contributed by atoms with Crippen LogP contribution in [0.4, 0.5) is 0 Å². The van der Waals surface area contributed by atoms with Crippen LogP contribution >= 0.6 is 15.9 Å². The molecule has 1 heterocycles. The largest absolute Gasteiger partial charge is 0.469 e. The minimum Gasteiger partial charge on any atom is -0.469 e. The summed E-state index contributed by atoms with van der Waals surface area (Å²) >= 11 is 4.22. The fraction of sp³-hybridized carbons (Fsp3) is 0.909. The quantitative estimate of drug-likeness (QED) is 0.188. The van der Waals surface area contributed by atoms with Crippen molar-refractivity contribution < 1.29 is 28.6 Å². The maximum atomic E-state index is 14.0. The zero-order valence-electron chi connectivity index (χ0n) is 25.8. The second-order valence-electron chi connectivity index (χ2n) is 16.2. The molecule has 0 aromatic heterocycles. The van der Waals surface area contributed by atoms with Crippen molar-refractivity contribution in [2.45, 2.75) is 129 Å². The van der Waals surface area contributed by atoms with Gasteiger partial charge in [0.25, 0.3) is 0 Å². The van der Waals surface area contributed by atoms with Crippen molar-refractivity contribution in [3.63, 3.8) is 0 Å². The van der Waals surface area contributed by atoms with Crippen LogP contribution in [0.3, 0.4) is 0 Å². The molecule has 0 unspecified atom stereocenters. The first-order valence-electron chi connectivity index (χ1n) is 15.6. The highest BCUT2D eigenvalue weighted by atomic mass is 79.9. The Balaban J connectivity index is 1.43. The molecule has 6 rings (SSSR count). The lowest BCUT2D eigenvalue weighted by molar-refractivity contribution is -0.283. The van der Waals surface area contributed by atoms with E-state index in [1.807, 2.05) is 6.92 Å². The van der Waals surface area contributed by atoms with Crippen LogP contribution < -0.4 is 0 Å². The van der Waals surface area contributed by atoms with E-state index < -0.39 is 16.4 Å². The monoisotopic (exact) mass is 620 g/mol. The highest BCUT2D eigenvalue weighted by Gasteiger charge is 2.83. The molecule has 0 aromatic rings. The highest BCUT2D eigenvalue weighted by Crippen LogP contribution is 2.81. The van der Waals surface area contributed by atoms with E-state index in [-0.39, 0.29) is 56.4 Å². The van der Waals surface area contributed by atoms with E-state index in [1.54, 1.807) is 0 Å². The van der Waals surface area contributed by atoms with E-state index >= 15 is 0 Å². The molecule has 0 N–H and O–H groups in total. The molecule has 6 nitrogen and oxygen atoms in total. The van der Waals surface area contributed by atoms with Crippen LogP contribution in [0.5, 0.6) is 0 Å². The SMILES string of the molecule is COC(=O)[C@@]1(C)CC[C@@]23CC[C@]4(C)[C@@](OC2=O)([C@@H]3C1)[C@@H](Br)C[C@@H]1[C@@]2(C)CC[C@H](OC(C)=O)C(C)(C)[C@@H]2CC[C@]14C. The van der Waals surface area contributed by atoms with Crippen molar-refractivity contribution in [3.8, 4) is 0 Å². The predicted octanol–water partition coefficient (Wildman–Crippen LogP) is 7.01. The lowest BCUT2D eigenvalue weighted by Gasteiger charge is -2.74. The van der Waals surface area contributed by atoms with Gasteiger partial charge in [-0.05, 0) is 93.8 Å². The van der Waals surface area contributed by atoms with Crippen molar-refractivity contribution in [1.29, 1.82) is 0 Å². The number of halogens is 1. The summed E-state index contributed by atoms with van der Waals surface area (Å²) < 4.78 is 18.0. The van der Waals surface area contributed by atoms with Gasteiger partial charge < -0.3 is 14.2 Å². The number of alkyl halides is 1. The van der Waals surface area contributed by atoms with E-state index in [0.717, 1.165) is 44.9 Å². The zero-order valence-corrected chi connectivity index (χ0v) is 27.4. The van der Waals surface area contributed by atoms with Gasteiger partial charge in [0.05, 0.1) is 22.8 Å². The van der Waals surface area contributed by atoms with Gasteiger partial charge in [0, 0.05) is 23.7 Å². The van der Waals surface area contributed by atoms with Crippen LogP contribution in [0.1, 0.15) is 113 Å². The first-order chi connectivity index (χ1) is 18.5. The molecule has 6 aliphatic rings. The summed E-state index contributed by atoms with van der Waals surface area (Å²) in [5, 5.41) is 0. The Morgan fingerprint density at radius 2 is 1.57 bits per heavy atom. The van der Waals surface area contributed by atoms with Crippen molar-refractivity contribution in [1.82, 2.24) is 0 Å². The number of hydrogen-bond donors (Lipinski definition) is 0. The van der Waals surface area contributed by atoms with Gasteiger partial charge in [-0.3, -0.25) is 14.4 Å². The first kappa shape index (κ1) is 29.0. The third kappa shape index (κ3) is 3.15. The van der Waals surface area contributed by atoms with Gasteiger partial charge in [-0.15, -0.1) is 0 Å². The van der Waals surface area contributed by atoms with Gasteiger partial charge in [0.2, 0.25) is 0 Å². The second-order valence-corrected chi connectivity index (χ2v) is 17.3. The van der Waals surface area contributed by atoms with Crippen LogP contribution in [-0.2, 0) is 28.6 Å². The predicted molar refractivity (Wildman–Crippen MR) is 154 cm³/mol. The number of carbonyl (C=O) groups is 3. The van der Waals surface area contributed by atoms with Crippen molar-refractivity contribution in [2.24, 2.45) is 50.2 Å². The molecule has 7 heteroatoms. The average molecular weight is 622 g/mol. The minimum atomic E-state index is -0.642. The van der Waals surface area contributed by atoms with Crippen LogP contribution in [-0.4, -0.2) is 41.5 Å². The third-order valence-corrected chi connectivity index (χ3v) is 15.8. The molecule has 224 valence electrons. The topological polar surface area (TPSA) is 78.9 Å². The van der Waals surface area contributed by atoms with Crippen molar-refractivity contribution in [2.75, 3.05) is 7.11 Å². The number of esters is 3. The first-order valence-corrected chi connectivity index (χ1v) is 16.5. The molecule has 0 radical (unpaired) electrons. The van der Waals surface area contributed by atoms with Crippen LogP contribution in [0.15, 0.2) is 0 Å². The molecule has 2 bridgehead atoms. The second kappa shape index (κ2) is 8.50. The maximum Gasteiger partial charge on any atom is 0.313 e. The van der Waals surface area contributed by atoms with E-state index in [4.69, 9.17) is 14.2 Å². The van der Waals surface area contributed by atoms with Gasteiger partial charge in [-0.2, -0.15) is 0 Å². The molecule has 5 saturated carbocycles. The molecule has 0 amide bonds. The van der Waals surface area contributed by atoms with Crippen molar-refractivity contribution >= 4 is 33.8 Å². The summed E-state index contributed by atoms with van der Waals surface area (Å²) in [5.41, 5.74) is -2.00. The fourth-order valence-corrected chi connectivity index (χ4v) is 13.7. The summed E-state index contributed by atoms with van der Waals surface area (Å²) in [6.07, 6.45) is 8.79. The maximum absolute atomic E-state index is 14.0. The summed E-state index contributed by atoms with van der Waals surface area (Å²) in [6.45, 7) is 15.6. The Morgan fingerprint density at radius 1 is 0.900 bits per heavy atom. The Hall–Kier alpha value is -1.11. The van der Waals surface area contributed by atoms with Crippen LogP contribution in [0.25, 0.3) is 0 Å². The molecular formula is C33H49BrO6. The average Bonchev–Trinajstić information content (AvgIpc) is 3.07. The molecule has 1 aliphatic heterocycles. The van der Waals surface area contributed by atoms with Crippen LogP contribution in [0, 0.1) is 50.2 Å².